The normalized spacial score (nSPS) is 25.2. The molecule has 1 unspecified atom stereocenters. The number of ether oxygens (including phenoxy) is 1. The predicted octanol–water partition coefficient (Wildman–Crippen LogP) is 1.05. The van der Waals surface area contributed by atoms with Gasteiger partial charge in [-0.05, 0) is 38.3 Å². The Hall–Kier alpha value is -0.320. The summed E-state index contributed by atoms with van der Waals surface area (Å²) in [6.07, 6.45) is 3.97. The van der Waals surface area contributed by atoms with Crippen LogP contribution < -0.4 is 5.32 Å². The lowest BCUT2D eigenvalue weighted by Crippen LogP contribution is -2.33. The predicted molar refractivity (Wildman–Crippen MR) is 69.5 cm³/mol. The lowest BCUT2D eigenvalue weighted by atomic mass is 10.0. The van der Waals surface area contributed by atoms with Crippen molar-refractivity contribution in [3.8, 4) is 0 Å². The van der Waals surface area contributed by atoms with Crippen molar-refractivity contribution in [2.45, 2.75) is 25.7 Å². The first-order valence-electron chi connectivity index (χ1n) is 6.42. The summed E-state index contributed by atoms with van der Waals surface area (Å²) in [5.74, 6) is 1.03. The van der Waals surface area contributed by atoms with Crippen molar-refractivity contribution in [2.24, 2.45) is 5.92 Å². The molecule has 2 fully saturated rings. The molecule has 1 atom stereocenters. The summed E-state index contributed by atoms with van der Waals surface area (Å²) in [5, 5.41) is 3.34. The van der Waals surface area contributed by atoms with E-state index in [1.165, 1.54) is 6.42 Å². The number of carbonyl (C=O) groups is 1. The van der Waals surface area contributed by atoms with Gasteiger partial charge in [0.15, 0.2) is 0 Å². The van der Waals surface area contributed by atoms with Crippen LogP contribution in [0, 0.1) is 5.92 Å². The summed E-state index contributed by atoms with van der Waals surface area (Å²) in [4.78, 5) is 13.9. The third-order valence-electron chi connectivity index (χ3n) is 3.50. The monoisotopic (exact) mass is 262 g/mol. The molecule has 100 valence electrons. The van der Waals surface area contributed by atoms with Crippen molar-refractivity contribution in [1.82, 2.24) is 10.2 Å². The number of amides is 1. The molecule has 0 bridgehead atoms. The number of carbonyl (C=O) groups excluding carboxylic acids is 1. The molecule has 17 heavy (non-hydrogen) atoms. The van der Waals surface area contributed by atoms with Crippen molar-refractivity contribution in [3.05, 3.63) is 0 Å². The van der Waals surface area contributed by atoms with Gasteiger partial charge in [0, 0.05) is 26.1 Å². The molecule has 0 aromatic carbocycles. The van der Waals surface area contributed by atoms with E-state index in [0.29, 0.717) is 24.9 Å². The lowest BCUT2D eigenvalue weighted by Gasteiger charge is -2.20. The van der Waals surface area contributed by atoms with Crippen LogP contribution in [0.25, 0.3) is 0 Å². The zero-order valence-electron chi connectivity index (χ0n) is 10.3. The van der Waals surface area contributed by atoms with Crippen LogP contribution in [0.3, 0.4) is 0 Å². The highest BCUT2D eigenvalue weighted by Crippen LogP contribution is 2.15. The van der Waals surface area contributed by atoms with Crippen LogP contribution in [0.4, 0.5) is 0 Å². The standard InChI is InChI=1S/C12H22N2O2.ClH/c15-12(3-2-11-4-5-13-10-11)14-6-1-8-16-9-7-14;/h11,13H,1-10H2;1H. The minimum atomic E-state index is 0. The Bertz CT molecular complexity index is 225. The highest BCUT2D eigenvalue weighted by Gasteiger charge is 2.19. The summed E-state index contributed by atoms with van der Waals surface area (Å²) >= 11 is 0. The minimum Gasteiger partial charge on any atom is -0.380 e. The van der Waals surface area contributed by atoms with Crippen molar-refractivity contribution < 1.29 is 9.53 Å². The van der Waals surface area contributed by atoms with Gasteiger partial charge < -0.3 is 15.0 Å². The Labute approximate surface area is 109 Å². The van der Waals surface area contributed by atoms with Gasteiger partial charge in [-0.15, -0.1) is 12.4 Å². The number of nitrogens with one attached hydrogen (secondary N) is 1. The second-order valence-corrected chi connectivity index (χ2v) is 4.74. The van der Waals surface area contributed by atoms with Crippen molar-refractivity contribution in [3.63, 3.8) is 0 Å². The summed E-state index contributed by atoms with van der Waals surface area (Å²) in [6.45, 7) is 5.38. The van der Waals surface area contributed by atoms with Gasteiger partial charge in [0.1, 0.15) is 0 Å². The van der Waals surface area contributed by atoms with E-state index >= 15 is 0 Å². The maximum absolute atomic E-state index is 12.0. The average Bonchev–Trinajstić information content (AvgIpc) is 2.66. The van der Waals surface area contributed by atoms with Crippen LogP contribution in [0.1, 0.15) is 25.7 Å². The molecule has 2 aliphatic heterocycles. The molecule has 0 aliphatic carbocycles. The SMILES string of the molecule is Cl.O=C(CCC1CCNC1)N1CCCOCC1. The van der Waals surface area contributed by atoms with Crippen LogP contribution in [0.15, 0.2) is 0 Å². The molecular formula is C12H23ClN2O2. The van der Waals surface area contributed by atoms with Crippen molar-refractivity contribution in [2.75, 3.05) is 39.4 Å². The fourth-order valence-electron chi connectivity index (χ4n) is 2.44. The van der Waals surface area contributed by atoms with E-state index in [1.54, 1.807) is 0 Å². The fourth-order valence-corrected chi connectivity index (χ4v) is 2.44. The molecule has 2 heterocycles. The lowest BCUT2D eigenvalue weighted by molar-refractivity contribution is -0.131. The average molecular weight is 263 g/mol. The summed E-state index contributed by atoms with van der Waals surface area (Å²) in [5.41, 5.74) is 0. The van der Waals surface area contributed by atoms with Gasteiger partial charge in [0.05, 0.1) is 6.61 Å². The van der Waals surface area contributed by atoms with Crippen LogP contribution in [-0.4, -0.2) is 50.2 Å². The van der Waals surface area contributed by atoms with Crippen LogP contribution >= 0.6 is 12.4 Å². The highest BCUT2D eigenvalue weighted by molar-refractivity contribution is 5.85. The molecular weight excluding hydrogens is 240 g/mol. The first-order chi connectivity index (χ1) is 7.86. The number of nitrogens with zero attached hydrogens (tertiary/aromatic N) is 1. The summed E-state index contributed by atoms with van der Waals surface area (Å²) in [6, 6.07) is 0. The van der Waals surface area contributed by atoms with Gasteiger partial charge in [-0.2, -0.15) is 0 Å². The zero-order valence-corrected chi connectivity index (χ0v) is 11.1. The number of rotatable bonds is 3. The van der Waals surface area contributed by atoms with E-state index in [4.69, 9.17) is 4.74 Å². The third-order valence-corrected chi connectivity index (χ3v) is 3.50. The Kier molecular flexibility index (Phi) is 6.85. The number of hydrogen-bond acceptors (Lipinski definition) is 3. The quantitative estimate of drug-likeness (QED) is 0.827. The molecule has 1 N–H and O–H groups in total. The molecule has 1 amide bonds. The van der Waals surface area contributed by atoms with E-state index in [1.807, 2.05) is 4.90 Å². The maximum Gasteiger partial charge on any atom is 0.222 e. The molecule has 4 nitrogen and oxygen atoms in total. The Morgan fingerprint density at radius 3 is 3.00 bits per heavy atom. The van der Waals surface area contributed by atoms with Crippen molar-refractivity contribution in [1.29, 1.82) is 0 Å². The summed E-state index contributed by atoms with van der Waals surface area (Å²) < 4.78 is 5.35. The molecule has 0 radical (unpaired) electrons. The van der Waals surface area contributed by atoms with Gasteiger partial charge in [-0.3, -0.25) is 4.79 Å². The van der Waals surface area contributed by atoms with Crippen LogP contribution in [-0.2, 0) is 9.53 Å². The van der Waals surface area contributed by atoms with Gasteiger partial charge in [-0.1, -0.05) is 0 Å². The van der Waals surface area contributed by atoms with E-state index in [-0.39, 0.29) is 12.4 Å². The maximum atomic E-state index is 12.0. The largest absolute Gasteiger partial charge is 0.380 e. The number of halogens is 1. The molecule has 2 rings (SSSR count). The second kappa shape index (κ2) is 7.90. The topological polar surface area (TPSA) is 41.6 Å². The Balaban J connectivity index is 0.00000144. The second-order valence-electron chi connectivity index (χ2n) is 4.74. The van der Waals surface area contributed by atoms with E-state index in [9.17, 15) is 4.79 Å². The van der Waals surface area contributed by atoms with Gasteiger partial charge in [0.25, 0.3) is 0 Å². The van der Waals surface area contributed by atoms with Gasteiger partial charge in [-0.25, -0.2) is 0 Å². The Morgan fingerprint density at radius 1 is 1.35 bits per heavy atom. The molecule has 0 spiro atoms. The van der Waals surface area contributed by atoms with Gasteiger partial charge >= 0.3 is 0 Å². The first kappa shape index (κ1) is 14.7. The molecule has 5 heteroatoms. The molecule has 0 saturated carbocycles. The van der Waals surface area contributed by atoms with Crippen LogP contribution in [0.5, 0.6) is 0 Å². The molecule has 2 aliphatic rings. The molecule has 0 aromatic rings. The van der Waals surface area contributed by atoms with Gasteiger partial charge in [0.2, 0.25) is 5.91 Å². The zero-order chi connectivity index (χ0) is 11.2. The van der Waals surface area contributed by atoms with E-state index < -0.39 is 0 Å². The van der Waals surface area contributed by atoms with E-state index in [0.717, 1.165) is 45.6 Å². The van der Waals surface area contributed by atoms with Crippen molar-refractivity contribution >= 4 is 18.3 Å². The minimum absolute atomic E-state index is 0. The van der Waals surface area contributed by atoms with Crippen LogP contribution in [0.2, 0.25) is 0 Å². The molecule has 0 aromatic heterocycles. The Morgan fingerprint density at radius 2 is 2.24 bits per heavy atom. The van der Waals surface area contributed by atoms with E-state index in [2.05, 4.69) is 5.32 Å². The summed E-state index contributed by atoms with van der Waals surface area (Å²) in [7, 11) is 0. The fraction of sp³-hybridized carbons (Fsp3) is 0.917. The molecule has 2 saturated heterocycles. The third kappa shape index (κ3) is 4.82. The smallest absolute Gasteiger partial charge is 0.222 e. The first-order valence-corrected chi connectivity index (χ1v) is 6.42. The highest BCUT2D eigenvalue weighted by atomic mass is 35.5. The number of hydrogen-bond donors (Lipinski definition) is 1.